The first-order chi connectivity index (χ1) is 15.1. The zero-order valence-electron chi connectivity index (χ0n) is 18.9. The van der Waals surface area contributed by atoms with E-state index in [9.17, 15) is 9.90 Å². The molecule has 31 heavy (non-hydrogen) atoms. The van der Waals surface area contributed by atoms with Gasteiger partial charge in [-0.05, 0) is 50.6 Å². The lowest BCUT2D eigenvalue weighted by atomic mass is 10.1. The van der Waals surface area contributed by atoms with E-state index < -0.39 is 6.10 Å². The highest BCUT2D eigenvalue weighted by Crippen LogP contribution is 2.29. The Labute approximate surface area is 185 Å². The number of aliphatic hydroxyl groups is 1. The Morgan fingerprint density at radius 2 is 1.77 bits per heavy atom. The van der Waals surface area contributed by atoms with Crippen molar-refractivity contribution in [1.29, 1.82) is 0 Å². The van der Waals surface area contributed by atoms with Gasteiger partial charge in [0.15, 0.2) is 11.5 Å². The Kier molecular flexibility index (Phi) is 9.24. The van der Waals surface area contributed by atoms with Crippen LogP contribution in [0.5, 0.6) is 11.5 Å². The van der Waals surface area contributed by atoms with E-state index in [0.29, 0.717) is 37.7 Å². The minimum Gasteiger partial charge on any atom is -0.493 e. The highest BCUT2D eigenvalue weighted by atomic mass is 16.6. The van der Waals surface area contributed by atoms with Crippen LogP contribution in [0, 0.1) is 0 Å². The van der Waals surface area contributed by atoms with Crippen molar-refractivity contribution in [3.8, 4) is 11.5 Å². The largest absolute Gasteiger partial charge is 0.493 e. The average Bonchev–Trinajstić information content (AvgIpc) is 2.79. The Morgan fingerprint density at radius 1 is 1.03 bits per heavy atom. The maximum absolute atomic E-state index is 11.9. The molecule has 0 bridgehead atoms. The van der Waals surface area contributed by atoms with Gasteiger partial charge in [0, 0.05) is 39.3 Å². The first-order valence-corrected chi connectivity index (χ1v) is 11.4. The summed E-state index contributed by atoms with van der Waals surface area (Å²) < 4.78 is 16.5. The van der Waals surface area contributed by atoms with Crippen molar-refractivity contribution in [2.75, 3.05) is 66.1 Å². The molecule has 174 valence electrons. The number of carbonyl (C=O) groups is 1. The van der Waals surface area contributed by atoms with Crippen LogP contribution in [-0.2, 0) is 11.3 Å². The minimum atomic E-state index is -0.526. The second kappa shape index (κ2) is 12.1. The number of hydrogen-bond acceptors (Lipinski definition) is 7. The summed E-state index contributed by atoms with van der Waals surface area (Å²) in [6.07, 6.45) is 2.94. The van der Waals surface area contributed by atoms with Crippen LogP contribution in [0.25, 0.3) is 0 Å². The molecule has 1 amide bonds. The summed E-state index contributed by atoms with van der Waals surface area (Å²) in [6, 6.07) is 5.94. The summed E-state index contributed by atoms with van der Waals surface area (Å²) >= 11 is 0. The molecule has 8 heteroatoms. The summed E-state index contributed by atoms with van der Waals surface area (Å²) in [5, 5.41) is 10.4. The second-order valence-corrected chi connectivity index (χ2v) is 8.27. The van der Waals surface area contributed by atoms with Gasteiger partial charge >= 0.3 is 6.09 Å². The Morgan fingerprint density at radius 3 is 2.45 bits per heavy atom. The number of hydrogen-bond donors (Lipinski definition) is 1. The molecule has 1 atom stereocenters. The molecule has 2 aliphatic heterocycles. The van der Waals surface area contributed by atoms with Gasteiger partial charge in [-0.25, -0.2) is 4.79 Å². The number of methoxy groups -OCH3 is 1. The van der Waals surface area contributed by atoms with E-state index in [2.05, 4.69) is 9.80 Å². The summed E-state index contributed by atoms with van der Waals surface area (Å²) in [5.41, 5.74) is 1.12. The van der Waals surface area contributed by atoms with E-state index in [1.807, 2.05) is 25.1 Å². The normalized spacial score (nSPS) is 19.1. The molecule has 8 nitrogen and oxygen atoms in total. The molecule has 1 aromatic carbocycles. The topological polar surface area (TPSA) is 74.7 Å². The molecular formula is C23H37N3O5. The van der Waals surface area contributed by atoms with Crippen molar-refractivity contribution in [1.82, 2.24) is 14.7 Å². The number of carbonyl (C=O) groups excluding carboxylic acids is 1. The van der Waals surface area contributed by atoms with E-state index >= 15 is 0 Å². The number of amides is 1. The van der Waals surface area contributed by atoms with Crippen molar-refractivity contribution in [3.63, 3.8) is 0 Å². The molecule has 3 rings (SSSR count). The molecule has 1 unspecified atom stereocenters. The number of β-amino-alcohol motifs (C(OH)–C–C–N with tert-alkyl or cyclic N) is 1. The summed E-state index contributed by atoms with van der Waals surface area (Å²) in [6.45, 7) is 8.94. The molecule has 1 N–H and O–H groups in total. The van der Waals surface area contributed by atoms with Crippen LogP contribution >= 0.6 is 0 Å². The molecular weight excluding hydrogens is 398 g/mol. The molecule has 0 saturated carbocycles. The van der Waals surface area contributed by atoms with Crippen molar-refractivity contribution >= 4 is 6.09 Å². The van der Waals surface area contributed by atoms with Gasteiger partial charge in [-0.15, -0.1) is 0 Å². The number of piperidine rings is 1. The van der Waals surface area contributed by atoms with E-state index in [-0.39, 0.29) is 12.7 Å². The summed E-state index contributed by atoms with van der Waals surface area (Å²) in [4.78, 5) is 18.2. The summed E-state index contributed by atoms with van der Waals surface area (Å²) in [5.74, 6) is 1.32. The Hall–Kier alpha value is -2.03. The molecule has 2 aliphatic rings. The van der Waals surface area contributed by atoms with Crippen molar-refractivity contribution in [3.05, 3.63) is 23.8 Å². The van der Waals surface area contributed by atoms with Crippen LogP contribution in [-0.4, -0.2) is 98.1 Å². The lowest BCUT2D eigenvalue weighted by Gasteiger charge is -2.34. The zero-order valence-corrected chi connectivity index (χ0v) is 18.9. The number of nitrogens with zero attached hydrogens (tertiary/aromatic N) is 3. The van der Waals surface area contributed by atoms with E-state index in [1.165, 1.54) is 19.3 Å². The number of aliphatic hydroxyl groups excluding tert-OH is 1. The predicted molar refractivity (Wildman–Crippen MR) is 119 cm³/mol. The third kappa shape index (κ3) is 7.26. The van der Waals surface area contributed by atoms with Gasteiger partial charge in [0.05, 0.1) is 13.7 Å². The quantitative estimate of drug-likeness (QED) is 0.637. The zero-order chi connectivity index (χ0) is 22.1. The lowest BCUT2D eigenvalue weighted by molar-refractivity contribution is 0.0607. The van der Waals surface area contributed by atoms with Crippen molar-refractivity contribution < 1.29 is 24.1 Å². The highest BCUT2D eigenvalue weighted by Gasteiger charge is 2.22. The number of rotatable bonds is 9. The lowest BCUT2D eigenvalue weighted by Crippen LogP contribution is -2.48. The Balaban J connectivity index is 1.50. The predicted octanol–water partition coefficient (Wildman–Crippen LogP) is 2.19. The number of piperazine rings is 1. The summed E-state index contributed by atoms with van der Waals surface area (Å²) in [7, 11) is 1.63. The fourth-order valence-electron chi connectivity index (χ4n) is 4.17. The maximum atomic E-state index is 11.9. The second-order valence-electron chi connectivity index (χ2n) is 8.27. The number of ether oxygens (including phenoxy) is 3. The van der Waals surface area contributed by atoms with Crippen LogP contribution < -0.4 is 9.47 Å². The fraction of sp³-hybridized carbons (Fsp3) is 0.696. The van der Waals surface area contributed by atoms with Gasteiger partial charge < -0.3 is 29.1 Å². The van der Waals surface area contributed by atoms with Crippen molar-refractivity contribution in [2.45, 2.75) is 38.8 Å². The first-order valence-electron chi connectivity index (χ1n) is 11.4. The van der Waals surface area contributed by atoms with Crippen LogP contribution in [0.3, 0.4) is 0 Å². The molecule has 2 fully saturated rings. The molecule has 2 saturated heterocycles. The van der Waals surface area contributed by atoms with Crippen LogP contribution in [0.4, 0.5) is 4.79 Å². The molecule has 0 spiro atoms. The third-order valence-electron chi connectivity index (χ3n) is 5.88. The van der Waals surface area contributed by atoms with E-state index in [1.54, 1.807) is 12.0 Å². The molecule has 1 aromatic rings. The molecule has 2 heterocycles. The molecule has 0 radical (unpaired) electrons. The van der Waals surface area contributed by atoms with Gasteiger partial charge in [-0.2, -0.15) is 0 Å². The monoisotopic (exact) mass is 435 g/mol. The van der Waals surface area contributed by atoms with Gasteiger partial charge in [-0.1, -0.05) is 12.5 Å². The maximum Gasteiger partial charge on any atom is 0.409 e. The van der Waals surface area contributed by atoms with Gasteiger partial charge in [0.1, 0.15) is 12.7 Å². The van der Waals surface area contributed by atoms with Crippen LogP contribution in [0.2, 0.25) is 0 Å². The van der Waals surface area contributed by atoms with Crippen LogP contribution in [0.1, 0.15) is 31.7 Å². The van der Waals surface area contributed by atoms with E-state index in [4.69, 9.17) is 14.2 Å². The molecule has 0 aliphatic carbocycles. The third-order valence-corrected chi connectivity index (χ3v) is 5.88. The highest BCUT2D eigenvalue weighted by molar-refractivity contribution is 5.67. The van der Waals surface area contributed by atoms with Gasteiger partial charge in [-0.3, -0.25) is 4.90 Å². The fourth-order valence-corrected chi connectivity index (χ4v) is 4.17. The first kappa shape index (κ1) is 23.6. The number of benzene rings is 1. The van der Waals surface area contributed by atoms with Crippen LogP contribution in [0.15, 0.2) is 18.2 Å². The number of likely N-dealkylation sites (tertiary alicyclic amines) is 1. The minimum absolute atomic E-state index is 0.231. The Bertz CT molecular complexity index is 688. The smallest absolute Gasteiger partial charge is 0.409 e. The molecule has 0 aromatic heterocycles. The van der Waals surface area contributed by atoms with Crippen molar-refractivity contribution in [2.24, 2.45) is 0 Å². The standard InChI is InChI=1S/C23H37N3O5/c1-3-30-23(28)26-13-11-25(12-14-26)16-19-7-8-21(29-2)22(15-19)31-18-20(27)17-24-9-5-4-6-10-24/h7-8,15,20,27H,3-6,9-14,16-18H2,1-2H3. The average molecular weight is 436 g/mol. The van der Waals surface area contributed by atoms with E-state index in [0.717, 1.165) is 38.3 Å². The SMILES string of the molecule is CCOC(=O)N1CCN(Cc2ccc(OC)c(OCC(O)CN3CCCCC3)c2)CC1. The van der Waals surface area contributed by atoms with Gasteiger partial charge in [0.25, 0.3) is 0 Å². The van der Waals surface area contributed by atoms with Gasteiger partial charge in [0.2, 0.25) is 0 Å².